The first-order valence-corrected chi connectivity index (χ1v) is 6.16. The van der Waals surface area contributed by atoms with Crippen molar-refractivity contribution < 1.29 is 4.79 Å². The number of hydrogen-bond donors (Lipinski definition) is 0. The van der Waals surface area contributed by atoms with Crippen LogP contribution in [0.15, 0.2) is 24.4 Å². The van der Waals surface area contributed by atoms with Gasteiger partial charge in [-0.15, -0.1) is 0 Å². The van der Waals surface area contributed by atoms with Gasteiger partial charge in [-0.1, -0.05) is 26.3 Å². The van der Waals surface area contributed by atoms with Crippen molar-refractivity contribution in [1.82, 2.24) is 4.98 Å². The summed E-state index contributed by atoms with van der Waals surface area (Å²) in [5.41, 5.74) is 1.16. The highest BCUT2D eigenvalue weighted by molar-refractivity contribution is 5.77. The van der Waals surface area contributed by atoms with E-state index in [9.17, 15) is 4.79 Å². The summed E-state index contributed by atoms with van der Waals surface area (Å²) in [6.45, 7) is 4.13. The number of nitrogens with zero attached hydrogens (tertiary/aromatic N) is 1. The highest BCUT2D eigenvalue weighted by Crippen LogP contribution is 2.19. The second-order valence-corrected chi connectivity index (χ2v) is 4.29. The van der Waals surface area contributed by atoms with E-state index >= 15 is 0 Å². The highest BCUT2D eigenvalue weighted by Gasteiger charge is 2.06. The minimum atomic E-state index is 0.380. The maximum atomic E-state index is 11.1. The zero-order valence-electron chi connectivity index (χ0n) is 10.3. The van der Waals surface area contributed by atoms with E-state index in [2.05, 4.69) is 18.0 Å². The average Bonchev–Trinajstić information content (AvgIpc) is 2.35. The van der Waals surface area contributed by atoms with Crippen molar-refractivity contribution >= 4 is 5.78 Å². The molecule has 1 heterocycles. The normalized spacial score (nSPS) is 12.4. The molecule has 0 radical (unpaired) electrons. The van der Waals surface area contributed by atoms with Gasteiger partial charge < -0.3 is 0 Å². The van der Waals surface area contributed by atoms with Crippen molar-refractivity contribution in [2.75, 3.05) is 0 Å². The monoisotopic (exact) mass is 219 g/mol. The number of ketones is 1. The number of carbonyl (C=O) groups is 1. The topological polar surface area (TPSA) is 30.0 Å². The van der Waals surface area contributed by atoms with E-state index in [-0.39, 0.29) is 0 Å². The first-order chi connectivity index (χ1) is 7.74. The fraction of sp³-hybridized carbons (Fsp3) is 0.571. The number of Topliss-reactive ketones (excluding diaryl/α,β-unsaturated/α-hetero) is 1. The van der Waals surface area contributed by atoms with Gasteiger partial charge in [-0.3, -0.25) is 9.78 Å². The molecule has 0 aliphatic heterocycles. The Balaban J connectivity index is 2.21. The lowest BCUT2D eigenvalue weighted by Crippen LogP contribution is -1.98. The lowest BCUT2D eigenvalue weighted by Gasteiger charge is -2.09. The Morgan fingerprint density at radius 1 is 1.38 bits per heavy atom. The van der Waals surface area contributed by atoms with Gasteiger partial charge in [0.2, 0.25) is 0 Å². The van der Waals surface area contributed by atoms with E-state index in [0.717, 1.165) is 31.4 Å². The summed E-state index contributed by atoms with van der Waals surface area (Å²) in [5.74, 6) is 0.878. The van der Waals surface area contributed by atoms with Crippen molar-refractivity contribution in [1.29, 1.82) is 0 Å². The molecule has 0 spiro atoms. The van der Waals surface area contributed by atoms with Crippen LogP contribution in [-0.2, 0) is 4.79 Å². The SMILES string of the molecule is CCC(=O)CCCCC(C)c1ccccn1. The minimum Gasteiger partial charge on any atom is -0.300 e. The van der Waals surface area contributed by atoms with E-state index in [1.807, 2.05) is 25.3 Å². The van der Waals surface area contributed by atoms with E-state index in [0.29, 0.717) is 18.1 Å². The smallest absolute Gasteiger partial charge is 0.132 e. The number of aromatic nitrogens is 1. The summed E-state index contributed by atoms with van der Waals surface area (Å²) >= 11 is 0. The number of unbranched alkanes of at least 4 members (excludes halogenated alkanes) is 1. The van der Waals surface area contributed by atoms with Gasteiger partial charge in [0, 0.05) is 24.7 Å². The molecular weight excluding hydrogens is 198 g/mol. The van der Waals surface area contributed by atoms with Crippen LogP contribution in [-0.4, -0.2) is 10.8 Å². The molecule has 1 rings (SSSR count). The van der Waals surface area contributed by atoms with Crippen LogP contribution in [0.5, 0.6) is 0 Å². The van der Waals surface area contributed by atoms with Crippen LogP contribution in [0.1, 0.15) is 57.6 Å². The summed E-state index contributed by atoms with van der Waals surface area (Å²) in [5, 5.41) is 0. The maximum Gasteiger partial charge on any atom is 0.132 e. The van der Waals surface area contributed by atoms with Gasteiger partial charge in [-0.05, 0) is 30.9 Å². The van der Waals surface area contributed by atoms with E-state index in [1.165, 1.54) is 0 Å². The predicted octanol–water partition coefficient (Wildman–Crippen LogP) is 3.72. The molecule has 88 valence electrons. The van der Waals surface area contributed by atoms with Crippen molar-refractivity contribution in [2.45, 2.75) is 51.9 Å². The molecule has 0 amide bonds. The lowest BCUT2D eigenvalue weighted by molar-refractivity contribution is -0.118. The molecule has 0 aromatic carbocycles. The fourth-order valence-electron chi connectivity index (χ4n) is 1.76. The Morgan fingerprint density at radius 2 is 2.19 bits per heavy atom. The molecule has 2 heteroatoms. The second-order valence-electron chi connectivity index (χ2n) is 4.29. The number of rotatable bonds is 7. The summed E-state index contributed by atoms with van der Waals surface area (Å²) in [4.78, 5) is 15.5. The summed E-state index contributed by atoms with van der Waals surface area (Å²) in [6, 6.07) is 6.04. The largest absolute Gasteiger partial charge is 0.300 e. The van der Waals surface area contributed by atoms with Gasteiger partial charge in [-0.25, -0.2) is 0 Å². The van der Waals surface area contributed by atoms with Gasteiger partial charge in [0.05, 0.1) is 0 Å². The Hall–Kier alpha value is -1.18. The quantitative estimate of drug-likeness (QED) is 0.654. The van der Waals surface area contributed by atoms with Crippen LogP contribution >= 0.6 is 0 Å². The molecule has 0 saturated carbocycles. The molecule has 0 fully saturated rings. The van der Waals surface area contributed by atoms with Gasteiger partial charge in [-0.2, -0.15) is 0 Å². The first kappa shape index (κ1) is 12.9. The molecule has 2 nitrogen and oxygen atoms in total. The van der Waals surface area contributed by atoms with E-state index in [4.69, 9.17) is 0 Å². The number of hydrogen-bond acceptors (Lipinski definition) is 2. The molecule has 0 saturated heterocycles. The van der Waals surface area contributed by atoms with Crippen LogP contribution in [0.25, 0.3) is 0 Å². The zero-order valence-corrected chi connectivity index (χ0v) is 10.3. The summed E-state index contributed by atoms with van der Waals surface area (Å²) < 4.78 is 0. The molecule has 16 heavy (non-hydrogen) atoms. The summed E-state index contributed by atoms with van der Waals surface area (Å²) in [7, 11) is 0. The Morgan fingerprint density at radius 3 is 2.81 bits per heavy atom. The van der Waals surface area contributed by atoms with Gasteiger partial charge in [0.25, 0.3) is 0 Å². The van der Waals surface area contributed by atoms with Crippen LogP contribution in [0.4, 0.5) is 0 Å². The van der Waals surface area contributed by atoms with Gasteiger partial charge in [0.1, 0.15) is 5.78 Å². The van der Waals surface area contributed by atoms with Gasteiger partial charge >= 0.3 is 0 Å². The molecule has 1 aromatic rings. The third-order valence-electron chi connectivity index (χ3n) is 2.93. The predicted molar refractivity (Wildman–Crippen MR) is 66.4 cm³/mol. The Kier molecular flexibility index (Phi) is 5.76. The molecule has 0 N–H and O–H groups in total. The van der Waals surface area contributed by atoms with Crippen molar-refractivity contribution in [3.8, 4) is 0 Å². The molecular formula is C14H21NO. The highest BCUT2D eigenvalue weighted by atomic mass is 16.1. The van der Waals surface area contributed by atoms with E-state index in [1.54, 1.807) is 0 Å². The molecule has 1 unspecified atom stereocenters. The summed E-state index contributed by atoms with van der Waals surface area (Å²) in [6.07, 6.45) is 6.51. The number of pyridine rings is 1. The molecule has 0 aliphatic carbocycles. The van der Waals surface area contributed by atoms with Crippen molar-refractivity contribution in [3.05, 3.63) is 30.1 Å². The number of carbonyl (C=O) groups excluding carboxylic acids is 1. The zero-order chi connectivity index (χ0) is 11.8. The Labute approximate surface area is 98.1 Å². The third kappa shape index (κ3) is 4.56. The van der Waals surface area contributed by atoms with Crippen LogP contribution < -0.4 is 0 Å². The second kappa shape index (κ2) is 7.15. The molecule has 1 atom stereocenters. The average molecular weight is 219 g/mol. The van der Waals surface area contributed by atoms with E-state index < -0.39 is 0 Å². The van der Waals surface area contributed by atoms with Crippen LogP contribution in [0.3, 0.4) is 0 Å². The first-order valence-electron chi connectivity index (χ1n) is 6.16. The van der Waals surface area contributed by atoms with Crippen molar-refractivity contribution in [3.63, 3.8) is 0 Å². The maximum absolute atomic E-state index is 11.1. The van der Waals surface area contributed by atoms with Crippen LogP contribution in [0, 0.1) is 0 Å². The Bertz CT molecular complexity index is 308. The van der Waals surface area contributed by atoms with Crippen molar-refractivity contribution in [2.24, 2.45) is 0 Å². The standard InChI is InChI=1S/C14H21NO/c1-3-13(16)9-5-4-8-12(2)14-10-6-7-11-15-14/h6-7,10-12H,3-5,8-9H2,1-2H3. The molecule has 0 bridgehead atoms. The third-order valence-corrected chi connectivity index (χ3v) is 2.93. The molecule has 1 aromatic heterocycles. The van der Waals surface area contributed by atoms with Gasteiger partial charge in [0.15, 0.2) is 0 Å². The lowest BCUT2D eigenvalue weighted by atomic mass is 9.98. The minimum absolute atomic E-state index is 0.380. The fourth-order valence-corrected chi connectivity index (χ4v) is 1.76. The van der Waals surface area contributed by atoms with Crippen LogP contribution in [0.2, 0.25) is 0 Å². The molecule has 0 aliphatic rings.